The highest BCUT2D eigenvalue weighted by Crippen LogP contribution is 2.26. The second-order valence-electron chi connectivity index (χ2n) is 4.54. The van der Waals surface area contributed by atoms with Gasteiger partial charge < -0.3 is 5.73 Å². The molecule has 18 heavy (non-hydrogen) atoms. The van der Waals surface area contributed by atoms with Crippen LogP contribution in [0.2, 0.25) is 0 Å². The molecule has 2 nitrogen and oxygen atoms in total. The smallest absolute Gasteiger partial charge is 0.126 e. The van der Waals surface area contributed by atoms with Gasteiger partial charge in [0.15, 0.2) is 0 Å². The number of rotatable bonds is 4. The van der Waals surface area contributed by atoms with Crippen molar-refractivity contribution in [2.75, 3.05) is 0 Å². The Morgan fingerprint density at radius 2 is 2.06 bits per heavy atom. The SMILES string of the molecule is CC(C)c1nc(Cc2ccccc2F)sc1CN. The minimum Gasteiger partial charge on any atom is -0.326 e. The zero-order chi connectivity index (χ0) is 13.1. The van der Waals surface area contributed by atoms with Gasteiger partial charge in [-0.15, -0.1) is 11.3 Å². The van der Waals surface area contributed by atoms with Gasteiger partial charge in [-0.05, 0) is 17.5 Å². The van der Waals surface area contributed by atoms with Gasteiger partial charge in [-0.1, -0.05) is 32.0 Å². The van der Waals surface area contributed by atoms with Crippen molar-refractivity contribution >= 4 is 11.3 Å². The van der Waals surface area contributed by atoms with Gasteiger partial charge in [0.25, 0.3) is 0 Å². The first-order valence-electron chi connectivity index (χ1n) is 6.03. The molecule has 0 bridgehead atoms. The average Bonchev–Trinajstić information content (AvgIpc) is 2.75. The van der Waals surface area contributed by atoms with Crippen LogP contribution in [0.3, 0.4) is 0 Å². The summed E-state index contributed by atoms with van der Waals surface area (Å²) in [5.41, 5.74) is 7.46. The van der Waals surface area contributed by atoms with E-state index in [1.165, 1.54) is 6.07 Å². The predicted molar refractivity (Wildman–Crippen MR) is 73.3 cm³/mol. The van der Waals surface area contributed by atoms with Gasteiger partial charge in [0.2, 0.25) is 0 Å². The Morgan fingerprint density at radius 3 is 2.61 bits per heavy atom. The van der Waals surface area contributed by atoms with E-state index in [4.69, 9.17) is 5.73 Å². The van der Waals surface area contributed by atoms with Crippen molar-refractivity contribution in [3.63, 3.8) is 0 Å². The molecule has 0 unspecified atom stereocenters. The van der Waals surface area contributed by atoms with Crippen LogP contribution < -0.4 is 5.73 Å². The molecule has 2 aromatic rings. The molecular weight excluding hydrogens is 247 g/mol. The summed E-state index contributed by atoms with van der Waals surface area (Å²) in [6, 6.07) is 6.83. The standard InChI is InChI=1S/C14H17FN2S/c1-9(2)14-12(8-16)18-13(17-14)7-10-5-3-4-6-11(10)15/h3-6,9H,7-8,16H2,1-2H3. The zero-order valence-corrected chi connectivity index (χ0v) is 11.4. The van der Waals surface area contributed by atoms with E-state index in [0.717, 1.165) is 15.6 Å². The van der Waals surface area contributed by atoms with E-state index in [1.807, 2.05) is 6.07 Å². The van der Waals surface area contributed by atoms with Crippen LogP contribution in [0.5, 0.6) is 0 Å². The Balaban J connectivity index is 2.28. The molecule has 0 radical (unpaired) electrons. The van der Waals surface area contributed by atoms with Crippen molar-refractivity contribution in [3.05, 3.63) is 51.2 Å². The largest absolute Gasteiger partial charge is 0.326 e. The first kappa shape index (κ1) is 13.2. The summed E-state index contributed by atoms with van der Waals surface area (Å²) in [4.78, 5) is 5.70. The van der Waals surface area contributed by atoms with E-state index in [9.17, 15) is 4.39 Å². The third-order valence-electron chi connectivity index (χ3n) is 2.80. The van der Waals surface area contributed by atoms with Gasteiger partial charge in [-0.2, -0.15) is 0 Å². The number of nitrogens with zero attached hydrogens (tertiary/aromatic N) is 1. The van der Waals surface area contributed by atoms with Gasteiger partial charge in [0.05, 0.1) is 10.7 Å². The van der Waals surface area contributed by atoms with Crippen molar-refractivity contribution in [2.24, 2.45) is 5.73 Å². The third-order valence-corrected chi connectivity index (χ3v) is 3.90. The van der Waals surface area contributed by atoms with E-state index in [-0.39, 0.29) is 5.82 Å². The van der Waals surface area contributed by atoms with Crippen molar-refractivity contribution in [3.8, 4) is 0 Å². The van der Waals surface area contributed by atoms with Gasteiger partial charge in [-0.25, -0.2) is 9.37 Å². The lowest BCUT2D eigenvalue weighted by molar-refractivity contribution is 0.613. The molecule has 0 aliphatic heterocycles. The molecule has 96 valence electrons. The Hall–Kier alpha value is -1.26. The van der Waals surface area contributed by atoms with Crippen molar-refractivity contribution in [2.45, 2.75) is 32.7 Å². The molecule has 0 saturated carbocycles. The normalized spacial score (nSPS) is 11.2. The van der Waals surface area contributed by atoms with Crippen LogP contribution in [-0.2, 0) is 13.0 Å². The first-order chi connectivity index (χ1) is 8.61. The molecule has 2 N–H and O–H groups in total. The number of nitrogens with two attached hydrogens (primary N) is 1. The number of thiazole rings is 1. The summed E-state index contributed by atoms with van der Waals surface area (Å²) in [6.45, 7) is 4.70. The minimum atomic E-state index is -0.173. The molecule has 0 fully saturated rings. The quantitative estimate of drug-likeness (QED) is 0.918. The number of hydrogen-bond acceptors (Lipinski definition) is 3. The summed E-state index contributed by atoms with van der Waals surface area (Å²) in [5, 5.41) is 0.934. The van der Waals surface area contributed by atoms with E-state index in [0.29, 0.717) is 24.4 Å². The molecule has 2 rings (SSSR count). The first-order valence-corrected chi connectivity index (χ1v) is 6.85. The van der Waals surface area contributed by atoms with Gasteiger partial charge >= 0.3 is 0 Å². The molecule has 1 aromatic heterocycles. The molecular formula is C14H17FN2S. The maximum atomic E-state index is 13.6. The maximum Gasteiger partial charge on any atom is 0.126 e. The highest BCUT2D eigenvalue weighted by molar-refractivity contribution is 7.11. The fraction of sp³-hybridized carbons (Fsp3) is 0.357. The van der Waals surface area contributed by atoms with E-state index in [2.05, 4.69) is 18.8 Å². The van der Waals surface area contributed by atoms with Crippen LogP contribution >= 0.6 is 11.3 Å². The summed E-state index contributed by atoms with van der Waals surface area (Å²) in [7, 11) is 0. The fourth-order valence-electron chi connectivity index (χ4n) is 1.89. The molecule has 0 atom stereocenters. The van der Waals surface area contributed by atoms with Crippen molar-refractivity contribution in [1.82, 2.24) is 4.98 Å². The summed E-state index contributed by atoms with van der Waals surface area (Å²) in [6.07, 6.45) is 0.539. The molecule has 0 amide bonds. The summed E-state index contributed by atoms with van der Waals surface area (Å²) < 4.78 is 13.6. The second-order valence-corrected chi connectivity index (χ2v) is 5.71. The highest BCUT2D eigenvalue weighted by Gasteiger charge is 2.14. The zero-order valence-electron chi connectivity index (χ0n) is 10.6. The molecule has 0 saturated heterocycles. The average molecular weight is 264 g/mol. The van der Waals surface area contributed by atoms with Crippen LogP contribution in [0.15, 0.2) is 24.3 Å². The lowest BCUT2D eigenvalue weighted by Crippen LogP contribution is -1.99. The van der Waals surface area contributed by atoms with Gasteiger partial charge in [-0.3, -0.25) is 0 Å². The van der Waals surface area contributed by atoms with E-state index < -0.39 is 0 Å². The summed E-state index contributed by atoms with van der Waals surface area (Å²) >= 11 is 1.59. The number of halogens is 1. The van der Waals surface area contributed by atoms with Crippen LogP contribution in [0.1, 0.15) is 40.9 Å². The molecule has 4 heteroatoms. The molecule has 1 heterocycles. The number of aromatic nitrogens is 1. The topological polar surface area (TPSA) is 38.9 Å². The van der Waals surface area contributed by atoms with Crippen molar-refractivity contribution in [1.29, 1.82) is 0 Å². The Labute approximate surface area is 111 Å². The summed E-state index contributed by atoms with van der Waals surface area (Å²) in [5.74, 6) is 0.183. The maximum absolute atomic E-state index is 13.6. The van der Waals surface area contributed by atoms with Crippen LogP contribution in [0.4, 0.5) is 4.39 Å². The Kier molecular flexibility index (Phi) is 4.09. The van der Waals surface area contributed by atoms with Crippen LogP contribution in [-0.4, -0.2) is 4.98 Å². The minimum absolute atomic E-state index is 0.173. The van der Waals surface area contributed by atoms with Gasteiger partial charge in [0.1, 0.15) is 5.82 Å². The molecule has 0 aliphatic rings. The number of benzene rings is 1. The van der Waals surface area contributed by atoms with Crippen LogP contribution in [0.25, 0.3) is 0 Å². The highest BCUT2D eigenvalue weighted by atomic mass is 32.1. The van der Waals surface area contributed by atoms with Crippen LogP contribution in [0, 0.1) is 5.82 Å². The monoisotopic (exact) mass is 264 g/mol. The lowest BCUT2D eigenvalue weighted by atomic mass is 10.1. The van der Waals surface area contributed by atoms with Gasteiger partial charge in [0, 0.05) is 17.8 Å². The van der Waals surface area contributed by atoms with Crippen molar-refractivity contribution < 1.29 is 4.39 Å². The third kappa shape index (κ3) is 2.76. The second kappa shape index (κ2) is 5.59. The number of hydrogen-bond donors (Lipinski definition) is 1. The Morgan fingerprint density at radius 1 is 1.33 bits per heavy atom. The fourth-order valence-corrected chi connectivity index (χ4v) is 3.02. The Bertz CT molecular complexity index is 534. The molecule has 0 spiro atoms. The lowest BCUT2D eigenvalue weighted by Gasteiger charge is -2.02. The van der Waals surface area contributed by atoms with E-state index in [1.54, 1.807) is 23.5 Å². The predicted octanol–water partition coefficient (Wildman–Crippen LogP) is 3.46. The molecule has 0 aliphatic carbocycles. The van der Waals surface area contributed by atoms with E-state index >= 15 is 0 Å². The molecule has 1 aromatic carbocycles.